The first-order valence-electron chi connectivity index (χ1n) is 4.45. The van der Waals surface area contributed by atoms with Gasteiger partial charge >= 0.3 is 0 Å². The van der Waals surface area contributed by atoms with Gasteiger partial charge in [0.1, 0.15) is 5.75 Å². The average Bonchev–Trinajstić information content (AvgIpc) is 2.10. The molecular formula is C10H14N2O2S. The number of para-hydroxylation sites is 1. The van der Waals surface area contributed by atoms with E-state index in [1.54, 1.807) is 6.07 Å². The van der Waals surface area contributed by atoms with Crippen molar-refractivity contribution in [2.24, 2.45) is 0 Å². The van der Waals surface area contributed by atoms with Gasteiger partial charge < -0.3 is 11.1 Å². The molecule has 1 aromatic carbocycles. The second-order valence-electron chi connectivity index (χ2n) is 3.30. The normalized spacial score (nSPS) is 12.1. The number of carbonyl (C=O) groups excluding carboxylic acids is 1. The Morgan fingerprint density at radius 1 is 1.53 bits per heavy atom. The van der Waals surface area contributed by atoms with E-state index in [0.717, 1.165) is 5.56 Å². The number of hydrogen-bond donors (Lipinski definition) is 2. The summed E-state index contributed by atoms with van der Waals surface area (Å²) in [5, 5.41) is 2.65. The molecule has 1 aromatic rings. The number of nitrogen functional groups attached to an aromatic ring is 1. The summed E-state index contributed by atoms with van der Waals surface area (Å²) in [7, 11) is -1.14. The maximum absolute atomic E-state index is 11.4. The van der Waals surface area contributed by atoms with Gasteiger partial charge in [0.2, 0.25) is 5.91 Å². The van der Waals surface area contributed by atoms with Crippen molar-refractivity contribution in [2.75, 3.05) is 23.1 Å². The molecule has 0 aliphatic heterocycles. The zero-order valence-corrected chi connectivity index (χ0v) is 9.56. The highest BCUT2D eigenvalue weighted by Gasteiger charge is 2.08. The predicted molar refractivity (Wildman–Crippen MR) is 63.2 cm³/mol. The SMILES string of the molecule is Cc1cccc(N)c1NC(=O)CS(C)=O. The highest BCUT2D eigenvalue weighted by Crippen LogP contribution is 2.22. The molecule has 0 saturated carbocycles. The molecule has 0 aliphatic rings. The number of aryl methyl sites for hydroxylation is 1. The molecule has 0 heterocycles. The summed E-state index contributed by atoms with van der Waals surface area (Å²) in [5.74, 6) is -0.287. The number of nitrogens with two attached hydrogens (primary N) is 1. The van der Waals surface area contributed by atoms with Crippen LogP contribution in [-0.2, 0) is 15.6 Å². The molecule has 3 N–H and O–H groups in total. The minimum Gasteiger partial charge on any atom is -0.397 e. The summed E-state index contributed by atoms with van der Waals surface area (Å²) in [6.07, 6.45) is 1.49. The minimum atomic E-state index is -1.14. The van der Waals surface area contributed by atoms with E-state index in [1.165, 1.54) is 6.26 Å². The van der Waals surface area contributed by atoms with Crippen LogP contribution in [-0.4, -0.2) is 22.1 Å². The first kappa shape index (κ1) is 11.7. The van der Waals surface area contributed by atoms with E-state index in [1.807, 2.05) is 19.1 Å². The van der Waals surface area contributed by atoms with Gasteiger partial charge in [-0.25, -0.2) is 0 Å². The Morgan fingerprint density at radius 3 is 2.73 bits per heavy atom. The number of nitrogens with one attached hydrogen (secondary N) is 1. The van der Waals surface area contributed by atoms with Crippen LogP contribution in [0.1, 0.15) is 5.56 Å². The van der Waals surface area contributed by atoms with Crippen LogP contribution >= 0.6 is 0 Å². The number of rotatable bonds is 3. The van der Waals surface area contributed by atoms with Crippen LogP contribution in [0.5, 0.6) is 0 Å². The number of hydrogen-bond acceptors (Lipinski definition) is 3. The summed E-state index contributed by atoms with van der Waals surface area (Å²) in [6.45, 7) is 1.86. The molecule has 0 spiro atoms. The van der Waals surface area contributed by atoms with Crippen LogP contribution in [0.25, 0.3) is 0 Å². The second kappa shape index (κ2) is 4.93. The lowest BCUT2D eigenvalue weighted by atomic mass is 10.1. The molecule has 0 aliphatic carbocycles. The summed E-state index contributed by atoms with van der Waals surface area (Å²) < 4.78 is 10.8. The third-order valence-electron chi connectivity index (χ3n) is 1.90. The van der Waals surface area contributed by atoms with Gasteiger partial charge in [0.15, 0.2) is 0 Å². The van der Waals surface area contributed by atoms with Gasteiger partial charge in [0, 0.05) is 17.1 Å². The van der Waals surface area contributed by atoms with Crippen molar-refractivity contribution in [2.45, 2.75) is 6.92 Å². The second-order valence-corrected chi connectivity index (χ2v) is 4.74. The van der Waals surface area contributed by atoms with Gasteiger partial charge in [-0.2, -0.15) is 0 Å². The molecule has 4 nitrogen and oxygen atoms in total. The van der Waals surface area contributed by atoms with Crippen molar-refractivity contribution in [3.8, 4) is 0 Å². The Hall–Kier alpha value is -1.36. The topological polar surface area (TPSA) is 72.2 Å². The number of amides is 1. The Bertz CT molecular complexity index is 384. The zero-order chi connectivity index (χ0) is 11.4. The van der Waals surface area contributed by atoms with Crippen molar-refractivity contribution in [3.63, 3.8) is 0 Å². The quantitative estimate of drug-likeness (QED) is 0.752. The lowest BCUT2D eigenvalue weighted by Crippen LogP contribution is -2.20. The number of benzene rings is 1. The third kappa shape index (κ3) is 3.36. The molecule has 0 radical (unpaired) electrons. The smallest absolute Gasteiger partial charge is 0.237 e. The fraction of sp³-hybridized carbons (Fsp3) is 0.300. The third-order valence-corrected chi connectivity index (χ3v) is 2.57. The molecule has 1 rings (SSSR count). The van der Waals surface area contributed by atoms with Crippen molar-refractivity contribution in [1.29, 1.82) is 0 Å². The van der Waals surface area contributed by atoms with Crippen molar-refractivity contribution in [1.82, 2.24) is 0 Å². The number of carbonyl (C=O) groups is 1. The largest absolute Gasteiger partial charge is 0.397 e. The van der Waals surface area contributed by atoms with Gasteiger partial charge in [-0.05, 0) is 18.6 Å². The predicted octanol–water partition coefficient (Wildman–Crippen LogP) is 0.894. The number of anilines is 2. The summed E-state index contributed by atoms with van der Waals surface area (Å²) in [4.78, 5) is 11.4. The minimum absolute atomic E-state index is 0.00618. The van der Waals surface area contributed by atoms with Crippen LogP contribution in [0, 0.1) is 6.92 Å². The fourth-order valence-corrected chi connectivity index (χ4v) is 1.66. The van der Waals surface area contributed by atoms with Gasteiger partial charge in [0.05, 0.1) is 11.4 Å². The zero-order valence-electron chi connectivity index (χ0n) is 8.74. The molecule has 5 heteroatoms. The molecule has 0 saturated heterocycles. The van der Waals surface area contributed by atoms with E-state index < -0.39 is 10.8 Å². The van der Waals surface area contributed by atoms with Crippen LogP contribution in [0.4, 0.5) is 11.4 Å². The molecule has 15 heavy (non-hydrogen) atoms. The Labute approximate surface area is 91.3 Å². The molecular weight excluding hydrogens is 212 g/mol. The van der Waals surface area contributed by atoms with E-state index in [9.17, 15) is 9.00 Å². The molecule has 82 valence electrons. The fourth-order valence-electron chi connectivity index (χ4n) is 1.22. The van der Waals surface area contributed by atoms with Crippen molar-refractivity contribution < 1.29 is 9.00 Å². The van der Waals surface area contributed by atoms with Crippen molar-refractivity contribution in [3.05, 3.63) is 23.8 Å². The van der Waals surface area contributed by atoms with E-state index in [0.29, 0.717) is 11.4 Å². The standard InChI is InChI=1S/C10H14N2O2S/c1-7-4-3-5-8(11)10(7)12-9(13)6-15(2)14/h3-5H,6,11H2,1-2H3,(H,12,13). The molecule has 1 amide bonds. The van der Waals surface area contributed by atoms with Gasteiger partial charge in [0.25, 0.3) is 0 Å². The summed E-state index contributed by atoms with van der Waals surface area (Å²) in [6, 6.07) is 5.39. The van der Waals surface area contributed by atoms with Gasteiger partial charge in [-0.3, -0.25) is 9.00 Å². The highest BCUT2D eigenvalue weighted by atomic mass is 32.2. The van der Waals surface area contributed by atoms with E-state index >= 15 is 0 Å². The van der Waals surface area contributed by atoms with Crippen LogP contribution in [0.15, 0.2) is 18.2 Å². The van der Waals surface area contributed by atoms with Gasteiger partial charge in [-0.1, -0.05) is 12.1 Å². The summed E-state index contributed by atoms with van der Waals surface area (Å²) in [5.41, 5.74) is 7.73. The monoisotopic (exact) mass is 226 g/mol. The van der Waals surface area contributed by atoms with Gasteiger partial charge in [-0.15, -0.1) is 0 Å². The summed E-state index contributed by atoms with van der Waals surface area (Å²) >= 11 is 0. The average molecular weight is 226 g/mol. The molecule has 1 unspecified atom stereocenters. The van der Waals surface area contributed by atoms with Crippen LogP contribution in [0.3, 0.4) is 0 Å². The molecule has 1 atom stereocenters. The van der Waals surface area contributed by atoms with E-state index in [-0.39, 0.29) is 11.7 Å². The van der Waals surface area contributed by atoms with Crippen molar-refractivity contribution >= 4 is 28.1 Å². The van der Waals surface area contributed by atoms with E-state index in [2.05, 4.69) is 5.32 Å². The highest BCUT2D eigenvalue weighted by molar-refractivity contribution is 7.85. The maximum atomic E-state index is 11.4. The maximum Gasteiger partial charge on any atom is 0.237 e. The lowest BCUT2D eigenvalue weighted by Gasteiger charge is -2.10. The first-order valence-corrected chi connectivity index (χ1v) is 6.18. The molecule has 0 fully saturated rings. The van der Waals surface area contributed by atoms with Crippen LogP contribution in [0.2, 0.25) is 0 Å². The molecule has 0 aromatic heterocycles. The Kier molecular flexibility index (Phi) is 3.85. The lowest BCUT2D eigenvalue weighted by molar-refractivity contribution is -0.113. The van der Waals surface area contributed by atoms with E-state index in [4.69, 9.17) is 5.73 Å². The Morgan fingerprint density at radius 2 is 2.20 bits per heavy atom. The Balaban J connectivity index is 2.80. The molecule has 0 bridgehead atoms. The van der Waals surface area contributed by atoms with Crippen LogP contribution < -0.4 is 11.1 Å². The first-order chi connectivity index (χ1) is 7.00.